The number of aryl methyl sites for hydroxylation is 2. The van der Waals surface area contributed by atoms with Crippen LogP contribution in [-0.4, -0.2) is 0 Å². The minimum atomic E-state index is 0. The van der Waals surface area contributed by atoms with Gasteiger partial charge in [0, 0.05) is 24.3 Å². The van der Waals surface area contributed by atoms with Gasteiger partial charge in [0.15, 0.2) is 12.4 Å². The van der Waals surface area contributed by atoms with Gasteiger partial charge in [0.05, 0.1) is 0 Å². The second-order valence-electron chi connectivity index (χ2n) is 3.56. The predicted molar refractivity (Wildman–Crippen MR) is 72.9 cm³/mol. The minimum Gasteiger partial charge on any atom is -1.00 e. The predicted octanol–water partition coefficient (Wildman–Crippen LogP) is -3.89. The van der Waals surface area contributed by atoms with Crippen LogP contribution in [0.25, 0.3) is 11.4 Å². The van der Waals surface area contributed by atoms with E-state index in [1.165, 1.54) is 11.4 Å². The molecule has 6 heteroatoms. The Labute approximate surface area is 149 Å². The first kappa shape index (κ1) is 20.5. The lowest BCUT2D eigenvalue weighted by Gasteiger charge is -2.08. The lowest BCUT2D eigenvalue weighted by atomic mass is 10.2. The van der Waals surface area contributed by atoms with Gasteiger partial charge < -0.3 is 34.0 Å². The van der Waals surface area contributed by atoms with Gasteiger partial charge >= 0.3 is 0 Å². The Bertz CT molecular complexity index is 446. The van der Waals surface area contributed by atoms with Crippen molar-refractivity contribution in [1.82, 2.24) is 0 Å². The summed E-state index contributed by atoms with van der Waals surface area (Å²) in [5.41, 5.74) is 2.61. The summed E-state index contributed by atoms with van der Waals surface area (Å²) >= 11 is 0. The number of hydrogen-bond donors (Lipinski definition) is 0. The summed E-state index contributed by atoms with van der Waals surface area (Å²) in [6, 6.07) is 12.7. The van der Waals surface area contributed by atoms with Crippen molar-refractivity contribution in [3.63, 3.8) is 0 Å². The zero-order chi connectivity index (χ0) is 9.38. The molecule has 0 atom stereocenters. The number of halogens is 4. The average molecular weight is 506 g/mol. The fraction of sp³-hybridized carbons (Fsp3) is 0.167. The number of hydrogen-bond acceptors (Lipinski definition) is 0. The summed E-state index contributed by atoms with van der Waals surface area (Å²) in [5, 5.41) is 0. The largest absolute Gasteiger partial charge is 1.00 e. The lowest BCUT2D eigenvalue weighted by molar-refractivity contribution is -0.794. The third-order valence-electron chi connectivity index (χ3n) is 2.73. The Balaban J connectivity index is 0. The Morgan fingerprint density at radius 1 is 0.667 bits per heavy atom. The Hall–Kier alpha value is 0.220. The Morgan fingerprint density at radius 3 is 1.44 bits per heavy atom. The first-order chi connectivity index (χ1) is 6.95. The van der Waals surface area contributed by atoms with Crippen LogP contribution >= 0.6 is 34.0 Å². The van der Waals surface area contributed by atoms with Gasteiger partial charge in [-0.15, -0.1) is 34.0 Å². The number of fused-ring (bicyclic) bond motifs is 3. The van der Waals surface area contributed by atoms with Gasteiger partial charge in [-0.3, -0.25) is 0 Å². The van der Waals surface area contributed by atoms with Crippen LogP contribution in [0.1, 0.15) is 0 Å². The van der Waals surface area contributed by atoms with Crippen LogP contribution in [0.5, 0.6) is 0 Å². The molecule has 0 saturated heterocycles. The second-order valence-corrected chi connectivity index (χ2v) is 3.56. The van der Waals surface area contributed by atoms with E-state index in [2.05, 4.69) is 57.9 Å². The van der Waals surface area contributed by atoms with Gasteiger partial charge in [-0.2, -0.15) is 9.13 Å². The minimum absolute atomic E-state index is 0. The molecule has 0 amide bonds. The van der Waals surface area contributed by atoms with Gasteiger partial charge in [0.2, 0.25) is 13.1 Å². The molecule has 0 unspecified atom stereocenters. The quantitative estimate of drug-likeness (QED) is 0.324. The maximum atomic E-state index is 2.30. The van der Waals surface area contributed by atoms with Crippen molar-refractivity contribution in [2.45, 2.75) is 13.1 Å². The Kier molecular flexibility index (Phi) is 10.5. The maximum Gasteiger partial charge on any atom is 0.277 e. The number of aromatic nitrogens is 2. The summed E-state index contributed by atoms with van der Waals surface area (Å²) < 4.78 is 4.60. The first-order valence-corrected chi connectivity index (χ1v) is 4.92. The molecule has 0 fully saturated rings. The molecule has 2 aromatic rings. The van der Waals surface area contributed by atoms with E-state index >= 15 is 0 Å². The standard InChI is InChI=1S/C12H12N2.4BrH/c1-3-7-13-9-10-14-8-4-2-6-12(14)11(13)5-1;;;;/h1-8H,9-10H2;4*1H/q+2;;;;/p-2. The van der Waals surface area contributed by atoms with E-state index < -0.39 is 0 Å². The monoisotopic (exact) mass is 502 g/mol. The lowest BCUT2D eigenvalue weighted by Crippen LogP contribution is -3.00. The molecule has 0 radical (unpaired) electrons. The van der Waals surface area contributed by atoms with Crippen molar-refractivity contribution >= 4 is 34.0 Å². The molecular weight excluding hydrogens is 492 g/mol. The highest BCUT2D eigenvalue weighted by Gasteiger charge is 2.27. The zero-order valence-electron chi connectivity index (χ0n) is 9.50. The van der Waals surface area contributed by atoms with Gasteiger partial charge in [-0.25, -0.2) is 0 Å². The van der Waals surface area contributed by atoms with Crippen molar-refractivity contribution in [1.29, 1.82) is 0 Å². The van der Waals surface area contributed by atoms with Crippen molar-refractivity contribution in [2.24, 2.45) is 0 Å². The van der Waals surface area contributed by atoms with E-state index in [4.69, 9.17) is 0 Å². The van der Waals surface area contributed by atoms with E-state index in [1.807, 2.05) is 0 Å². The maximum absolute atomic E-state index is 2.30. The van der Waals surface area contributed by atoms with Gasteiger partial charge in [0.1, 0.15) is 0 Å². The highest BCUT2D eigenvalue weighted by molar-refractivity contribution is 8.93. The number of rotatable bonds is 0. The summed E-state index contributed by atoms with van der Waals surface area (Å²) in [7, 11) is 0. The van der Waals surface area contributed by atoms with E-state index in [1.54, 1.807) is 0 Å². The molecule has 2 aromatic heterocycles. The van der Waals surface area contributed by atoms with Crippen LogP contribution in [0, 0.1) is 0 Å². The molecule has 100 valence electrons. The third-order valence-corrected chi connectivity index (χ3v) is 2.73. The fourth-order valence-electron chi connectivity index (χ4n) is 2.02. The van der Waals surface area contributed by atoms with Gasteiger partial charge in [-0.05, 0) is 12.1 Å². The smallest absolute Gasteiger partial charge is 0.277 e. The van der Waals surface area contributed by atoms with Crippen molar-refractivity contribution < 1.29 is 43.1 Å². The molecule has 0 aliphatic carbocycles. The van der Waals surface area contributed by atoms with Crippen molar-refractivity contribution in [3.8, 4) is 11.4 Å². The molecule has 1 aliphatic heterocycles. The van der Waals surface area contributed by atoms with E-state index in [9.17, 15) is 0 Å². The molecule has 0 N–H and O–H groups in total. The molecule has 0 spiro atoms. The van der Waals surface area contributed by atoms with Crippen molar-refractivity contribution in [3.05, 3.63) is 48.8 Å². The zero-order valence-corrected chi connectivity index (χ0v) is 16.1. The molecular formula is C12H14Br4N2. The molecule has 3 heterocycles. The SMILES string of the molecule is Br.Br.[Br-].[Br-].c1cc[n+]2c(c1)-c1cccc[n+]1CC2. The molecule has 3 rings (SSSR count). The normalized spacial score (nSPS) is 10.2. The van der Waals surface area contributed by atoms with Crippen LogP contribution < -0.4 is 43.1 Å². The molecule has 0 saturated carbocycles. The van der Waals surface area contributed by atoms with Gasteiger partial charge in [0.25, 0.3) is 11.4 Å². The summed E-state index contributed by atoms with van der Waals surface area (Å²) in [6.45, 7) is 2.13. The highest BCUT2D eigenvalue weighted by atomic mass is 79.9. The Morgan fingerprint density at radius 2 is 1.06 bits per heavy atom. The molecule has 0 bridgehead atoms. The van der Waals surface area contributed by atoms with Crippen LogP contribution in [-0.2, 0) is 13.1 Å². The first-order valence-electron chi connectivity index (χ1n) is 4.92. The van der Waals surface area contributed by atoms with Crippen LogP contribution in [0.4, 0.5) is 0 Å². The number of pyridine rings is 2. The highest BCUT2D eigenvalue weighted by Crippen LogP contribution is 2.11. The summed E-state index contributed by atoms with van der Waals surface area (Å²) in [4.78, 5) is 0. The van der Waals surface area contributed by atoms with E-state index in [-0.39, 0.29) is 67.9 Å². The third kappa shape index (κ3) is 3.85. The number of nitrogens with zero attached hydrogens (tertiary/aromatic N) is 2. The molecule has 2 nitrogen and oxygen atoms in total. The van der Waals surface area contributed by atoms with Crippen LogP contribution in [0.15, 0.2) is 48.8 Å². The second kappa shape index (κ2) is 9.18. The van der Waals surface area contributed by atoms with E-state index in [0.29, 0.717) is 0 Å². The molecule has 1 aliphatic rings. The van der Waals surface area contributed by atoms with E-state index in [0.717, 1.165) is 13.1 Å². The molecule has 18 heavy (non-hydrogen) atoms. The molecule has 0 aromatic carbocycles. The summed E-state index contributed by atoms with van der Waals surface area (Å²) in [5.74, 6) is 0. The fourth-order valence-corrected chi connectivity index (χ4v) is 2.02. The van der Waals surface area contributed by atoms with Gasteiger partial charge in [-0.1, -0.05) is 0 Å². The topological polar surface area (TPSA) is 7.76 Å². The summed E-state index contributed by atoms with van der Waals surface area (Å²) in [6.07, 6.45) is 4.29. The van der Waals surface area contributed by atoms with Crippen molar-refractivity contribution in [2.75, 3.05) is 0 Å². The average Bonchev–Trinajstić information content (AvgIpc) is 2.29. The van der Waals surface area contributed by atoms with Crippen LogP contribution in [0.2, 0.25) is 0 Å². The van der Waals surface area contributed by atoms with Crippen LogP contribution in [0.3, 0.4) is 0 Å².